The van der Waals surface area contributed by atoms with Crippen LogP contribution in [-0.4, -0.2) is 23.8 Å². The molecule has 4 nitrogen and oxygen atoms in total. The van der Waals surface area contributed by atoms with Gasteiger partial charge in [0.05, 0.1) is 6.10 Å². The zero-order valence-electron chi connectivity index (χ0n) is 18.1. The van der Waals surface area contributed by atoms with Crippen LogP contribution in [0.3, 0.4) is 0 Å². The first-order valence-electron chi connectivity index (χ1n) is 11.3. The van der Waals surface area contributed by atoms with Crippen molar-refractivity contribution in [2.24, 2.45) is 23.7 Å². The fourth-order valence-corrected chi connectivity index (χ4v) is 6.26. The molecule has 0 aromatic heterocycles. The van der Waals surface area contributed by atoms with Gasteiger partial charge in [-0.05, 0) is 62.8 Å². The number of rotatable bonds is 3. The molecule has 1 spiro atoms. The van der Waals surface area contributed by atoms with Gasteiger partial charge in [-0.1, -0.05) is 55.8 Å². The van der Waals surface area contributed by atoms with E-state index in [1.807, 2.05) is 6.92 Å². The normalized spacial score (nSPS) is 46.5. The third kappa shape index (κ3) is 3.20. The van der Waals surface area contributed by atoms with Gasteiger partial charge in [0.25, 0.3) is 0 Å². The van der Waals surface area contributed by atoms with Gasteiger partial charge in [0, 0.05) is 12.3 Å². The van der Waals surface area contributed by atoms with E-state index in [0.717, 1.165) is 25.7 Å². The number of aryl methyl sites for hydroxylation is 1. The third-order valence-electron chi connectivity index (χ3n) is 8.05. The average Bonchev–Trinajstić information content (AvgIpc) is 2.93. The summed E-state index contributed by atoms with van der Waals surface area (Å²) in [5.74, 6) is 1.15. The Labute approximate surface area is 174 Å². The lowest BCUT2D eigenvalue weighted by atomic mass is 9.57. The molecule has 1 saturated carbocycles. The molecule has 0 N–H and O–H groups in total. The number of benzene rings is 1. The molecule has 0 amide bonds. The highest BCUT2D eigenvalue weighted by atomic mass is 17.3. The minimum atomic E-state index is -0.694. The van der Waals surface area contributed by atoms with Crippen molar-refractivity contribution in [1.82, 2.24) is 0 Å². The molecule has 2 bridgehead atoms. The van der Waals surface area contributed by atoms with Crippen LogP contribution in [-0.2, 0) is 19.2 Å². The lowest BCUT2D eigenvalue weighted by Gasteiger charge is -2.60. The summed E-state index contributed by atoms with van der Waals surface area (Å²) in [5, 5.41) is 0. The highest BCUT2D eigenvalue weighted by molar-refractivity contribution is 5.49. The van der Waals surface area contributed by atoms with Crippen molar-refractivity contribution in [3.63, 3.8) is 0 Å². The topological polar surface area (TPSA) is 36.9 Å². The van der Waals surface area contributed by atoms with Gasteiger partial charge in [-0.3, -0.25) is 0 Å². The van der Waals surface area contributed by atoms with Gasteiger partial charge in [0.1, 0.15) is 0 Å². The molecule has 1 aromatic carbocycles. The van der Waals surface area contributed by atoms with Crippen molar-refractivity contribution in [3.8, 4) is 0 Å². The van der Waals surface area contributed by atoms with E-state index >= 15 is 0 Å². The first-order chi connectivity index (χ1) is 13.9. The van der Waals surface area contributed by atoms with Crippen LogP contribution in [0.25, 0.3) is 6.08 Å². The molecule has 4 heterocycles. The maximum Gasteiger partial charge on any atom is 0.201 e. The third-order valence-corrected chi connectivity index (χ3v) is 8.05. The van der Waals surface area contributed by atoms with E-state index in [0.29, 0.717) is 23.7 Å². The molecule has 8 atom stereocenters. The number of hydrogen-bond donors (Lipinski definition) is 0. The summed E-state index contributed by atoms with van der Waals surface area (Å²) in [6.07, 6.45) is 9.49. The van der Waals surface area contributed by atoms with Crippen LogP contribution in [0.4, 0.5) is 0 Å². The number of ether oxygens (including phenoxy) is 2. The molecule has 29 heavy (non-hydrogen) atoms. The predicted molar refractivity (Wildman–Crippen MR) is 112 cm³/mol. The average molecular weight is 399 g/mol. The van der Waals surface area contributed by atoms with Crippen LogP contribution in [0, 0.1) is 30.6 Å². The first-order valence-corrected chi connectivity index (χ1v) is 11.3. The van der Waals surface area contributed by atoms with Gasteiger partial charge in [0.2, 0.25) is 5.79 Å². The molecule has 0 radical (unpaired) electrons. The molecular formula is C25H34O4. The monoisotopic (exact) mass is 398 g/mol. The van der Waals surface area contributed by atoms with Crippen molar-refractivity contribution in [2.75, 3.05) is 0 Å². The van der Waals surface area contributed by atoms with Gasteiger partial charge in [-0.2, -0.15) is 0 Å². The summed E-state index contributed by atoms with van der Waals surface area (Å²) in [6.45, 7) is 8.80. The first kappa shape index (κ1) is 19.7. The van der Waals surface area contributed by atoms with Gasteiger partial charge < -0.3 is 9.47 Å². The molecular weight excluding hydrogens is 364 g/mol. The Balaban J connectivity index is 1.39. The summed E-state index contributed by atoms with van der Waals surface area (Å²) < 4.78 is 13.1. The Morgan fingerprint density at radius 2 is 1.83 bits per heavy atom. The molecule has 1 aliphatic carbocycles. The summed E-state index contributed by atoms with van der Waals surface area (Å²) in [7, 11) is 0. The van der Waals surface area contributed by atoms with E-state index in [9.17, 15) is 0 Å². The minimum absolute atomic E-state index is 0.137. The highest BCUT2D eigenvalue weighted by Gasteiger charge is 2.69. The fourth-order valence-electron chi connectivity index (χ4n) is 6.26. The Bertz CT molecular complexity index is 774. The minimum Gasteiger partial charge on any atom is -0.346 e. The van der Waals surface area contributed by atoms with Crippen LogP contribution in [0.15, 0.2) is 30.3 Å². The zero-order valence-corrected chi connectivity index (χ0v) is 18.1. The summed E-state index contributed by atoms with van der Waals surface area (Å²) in [6, 6.07) is 8.64. The molecule has 158 valence electrons. The Hall–Kier alpha value is -1.20. The molecule has 6 rings (SSSR count). The van der Waals surface area contributed by atoms with Crippen molar-refractivity contribution >= 4 is 6.08 Å². The van der Waals surface area contributed by atoms with E-state index in [1.54, 1.807) is 0 Å². The van der Waals surface area contributed by atoms with Gasteiger partial charge in [0.15, 0.2) is 11.9 Å². The summed E-state index contributed by atoms with van der Waals surface area (Å²) in [4.78, 5) is 12.1. The van der Waals surface area contributed by atoms with Crippen molar-refractivity contribution in [2.45, 2.75) is 83.6 Å². The van der Waals surface area contributed by atoms with E-state index in [4.69, 9.17) is 19.2 Å². The second-order valence-electron chi connectivity index (χ2n) is 9.99. The lowest BCUT2D eigenvalue weighted by Crippen LogP contribution is -2.70. The largest absolute Gasteiger partial charge is 0.346 e. The zero-order chi connectivity index (χ0) is 20.2. The van der Waals surface area contributed by atoms with Crippen LogP contribution >= 0.6 is 0 Å². The molecule has 0 unspecified atom stereocenters. The van der Waals surface area contributed by atoms with Gasteiger partial charge in [-0.15, -0.1) is 0 Å². The molecule has 4 heteroatoms. The van der Waals surface area contributed by atoms with Crippen molar-refractivity contribution in [1.29, 1.82) is 0 Å². The van der Waals surface area contributed by atoms with E-state index in [-0.39, 0.29) is 12.4 Å². The van der Waals surface area contributed by atoms with Crippen LogP contribution in [0.2, 0.25) is 0 Å². The van der Waals surface area contributed by atoms with Crippen LogP contribution in [0.5, 0.6) is 0 Å². The molecule has 5 fully saturated rings. The molecule has 4 saturated heterocycles. The summed E-state index contributed by atoms with van der Waals surface area (Å²) >= 11 is 0. The summed E-state index contributed by atoms with van der Waals surface area (Å²) in [5.41, 5.74) is 2.06. The molecule has 4 aliphatic heterocycles. The fraction of sp³-hybridized carbons (Fsp3) is 0.680. The SMILES string of the molecule is Cc1ccc(/C=C/C[C@H]2O[C@@H]3O[C@@]4(C)CC[C@H]5[C@H](C)CC[C@@H]([C@H]2C)[C@@]35OO4)cc1. The van der Waals surface area contributed by atoms with Crippen LogP contribution in [0.1, 0.15) is 64.0 Å². The van der Waals surface area contributed by atoms with Crippen molar-refractivity contribution in [3.05, 3.63) is 41.5 Å². The number of hydrogen-bond acceptors (Lipinski definition) is 4. The second kappa shape index (κ2) is 7.19. The van der Waals surface area contributed by atoms with Gasteiger partial charge >= 0.3 is 0 Å². The lowest BCUT2D eigenvalue weighted by molar-refractivity contribution is -0.571. The highest BCUT2D eigenvalue weighted by Crippen LogP contribution is 2.60. The smallest absolute Gasteiger partial charge is 0.201 e. The maximum absolute atomic E-state index is 6.64. The molecule has 5 aliphatic rings. The maximum atomic E-state index is 6.64. The van der Waals surface area contributed by atoms with Gasteiger partial charge in [-0.25, -0.2) is 9.78 Å². The Kier molecular flexibility index (Phi) is 4.90. The second-order valence-corrected chi connectivity index (χ2v) is 9.99. The molecule has 1 aromatic rings. The van der Waals surface area contributed by atoms with Crippen LogP contribution < -0.4 is 0 Å². The van der Waals surface area contributed by atoms with Crippen molar-refractivity contribution < 1.29 is 19.2 Å². The predicted octanol–water partition coefficient (Wildman–Crippen LogP) is 5.65. The van der Waals surface area contributed by atoms with E-state index in [1.165, 1.54) is 17.5 Å². The standard InChI is InChI=1S/C25H34O4/c1-16-8-11-19(12-9-16)6-5-7-22-18(3)21-13-10-17(2)20-14-15-24(4)27-23(26-22)25(20,21)29-28-24/h5-6,8-9,11-12,17-18,20-23H,7,10,13-15H2,1-4H3/b6-5+/t17-,18-,20+,21+,22-,23-,24-,25-/m1/s1. The number of fused-ring (bicyclic) bond motifs is 2. The quantitative estimate of drug-likeness (QED) is 0.617. The van der Waals surface area contributed by atoms with E-state index in [2.05, 4.69) is 57.2 Å². The Morgan fingerprint density at radius 1 is 1.03 bits per heavy atom. The van der Waals surface area contributed by atoms with E-state index < -0.39 is 11.4 Å². The Morgan fingerprint density at radius 3 is 2.62 bits per heavy atom.